The first-order valence-electron chi connectivity index (χ1n) is 8.48. The highest BCUT2D eigenvalue weighted by atomic mass is 19.4. The highest BCUT2D eigenvalue weighted by molar-refractivity contribution is 5.80. The summed E-state index contributed by atoms with van der Waals surface area (Å²) in [4.78, 5) is 15.4. The van der Waals surface area contributed by atoms with Gasteiger partial charge in [0.05, 0.1) is 35.0 Å². The zero-order valence-corrected chi connectivity index (χ0v) is 15.8. The number of nitro groups is 1. The molecule has 1 N–H and O–H groups in total. The number of alkyl halides is 3. The van der Waals surface area contributed by atoms with Gasteiger partial charge in [-0.15, -0.1) is 5.10 Å². The van der Waals surface area contributed by atoms with Crippen molar-refractivity contribution in [2.45, 2.75) is 13.1 Å². The van der Waals surface area contributed by atoms with E-state index in [0.717, 1.165) is 12.1 Å². The number of hydroxylamine groups is 1. The molecule has 0 aliphatic heterocycles. The van der Waals surface area contributed by atoms with Gasteiger partial charge >= 0.3 is 6.18 Å². The monoisotopic (exact) mass is 423 g/mol. The second kappa shape index (κ2) is 8.37. The minimum atomic E-state index is -4.48. The van der Waals surface area contributed by atoms with Crippen LogP contribution in [0.4, 0.5) is 18.9 Å². The molecule has 1 heterocycles. The van der Waals surface area contributed by atoms with E-state index in [1.165, 1.54) is 36.2 Å². The first kappa shape index (κ1) is 21.0. The summed E-state index contributed by atoms with van der Waals surface area (Å²) in [6, 6.07) is 7.34. The Kier molecular flexibility index (Phi) is 5.87. The van der Waals surface area contributed by atoms with E-state index in [4.69, 9.17) is 9.57 Å². The maximum atomic E-state index is 12.8. The molecule has 2 aromatic carbocycles. The van der Waals surface area contributed by atoms with E-state index >= 15 is 0 Å². The van der Waals surface area contributed by atoms with Crippen LogP contribution in [0, 0.1) is 17.0 Å². The maximum Gasteiger partial charge on any atom is 0.416 e. The summed E-state index contributed by atoms with van der Waals surface area (Å²) in [6.07, 6.45) is -3.03. The number of aromatic nitrogens is 3. The van der Waals surface area contributed by atoms with Crippen molar-refractivity contribution in [3.63, 3.8) is 0 Å². The molecule has 3 aromatic rings. The second-order valence-electron chi connectivity index (χ2n) is 6.19. The number of ether oxygens (including phenoxy) is 1. The molecule has 0 fully saturated rings. The first-order valence-corrected chi connectivity index (χ1v) is 8.48. The molecule has 0 spiro atoms. The van der Waals surface area contributed by atoms with Gasteiger partial charge in [0.15, 0.2) is 0 Å². The minimum absolute atomic E-state index is 0.0172. The Hall–Kier alpha value is -3.67. The van der Waals surface area contributed by atoms with Crippen molar-refractivity contribution in [3.05, 3.63) is 63.3 Å². The zero-order valence-electron chi connectivity index (χ0n) is 15.8. The van der Waals surface area contributed by atoms with Gasteiger partial charge in [-0.05, 0) is 31.2 Å². The van der Waals surface area contributed by atoms with Crippen molar-refractivity contribution in [1.29, 1.82) is 0 Å². The van der Waals surface area contributed by atoms with Crippen molar-refractivity contribution in [2.24, 2.45) is 0 Å². The average molecular weight is 423 g/mol. The molecular weight excluding hydrogens is 407 g/mol. The lowest BCUT2D eigenvalue weighted by molar-refractivity contribution is -0.385. The molecule has 0 aliphatic rings. The summed E-state index contributed by atoms with van der Waals surface area (Å²) in [5.41, 5.74) is 3.19. The van der Waals surface area contributed by atoms with Gasteiger partial charge in [0.2, 0.25) is 0 Å². The van der Waals surface area contributed by atoms with Crippen molar-refractivity contribution in [1.82, 2.24) is 20.5 Å². The lowest BCUT2D eigenvalue weighted by atomic mass is 10.2. The Morgan fingerprint density at radius 2 is 2.10 bits per heavy atom. The largest absolute Gasteiger partial charge is 0.487 e. The average Bonchev–Trinajstić information content (AvgIpc) is 3.06. The maximum absolute atomic E-state index is 12.8. The molecule has 30 heavy (non-hydrogen) atoms. The van der Waals surface area contributed by atoms with Crippen LogP contribution < -0.4 is 10.2 Å². The Morgan fingerprint density at radius 3 is 2.77 bits per heavy atom. The summed E-state index contributed by atoms with van der Waals surface area (Å²) in [7, 11) is 1.35. The fourth-order valence-electron chi connectivity index (χ4n) is 2.67. The van der Waals surface area contributed by atoms with Crippen LogP contribution in [0.1, 0.15) is 11.1 Å². The molecule has 0 aliphatic carbocycles. The van der Waals surface area contributed by atoms with Crippen molar-refractivity contribution in [2.75, 3.05) is 13.7 Å². The second-order valence-corrected chi connectivity index (χ2v) is 6.19. The number of fused-ring (bicyclic) bond motifs is 1. The molecule has 0 saturated heterocycles. The minimum Gasteiger partial charge on any atom is -0.487 e. The normalized spacial score (nSPS) is 12.2. The van der Waals surface area contributed by atoms with Crippen molar-refractivity contribution < 1.29 is 27.7 Å². The molecule has 0 atom stereocenters. The molecule has 0 unspecified atom stereocenters. The van der Waals surface area contributed by atoms with Gasteiger partial charge in [0.25, 0.3) is 5.69 Å². The summed E-state index contributed by atoms with van der Waals surface area (Å²) >= 11 is 0. The third-order valence-electron chi connectivity index (χ3n) is 4.05. The van der Waals surface area contributed by atoms with Crippen LogP contribution in [0.2, 0.25) is 0 Å². The number of nitrogens with one attached hydrogen (secondary N) is 1. The quantitative estimate of drug-likeness (QED) is 0.456. The van der Waals surface area contributed by atoms with Crippen LogP contribution in [-0.2, 0) is 11.0 Å². The number of benzene rings is 2. The number of nitrogens with zero attached hydrogens (tertiary/aromatic N) is 4. The van der Waals surface area contributed by atoms with Crippen LogP contribution in [0.5, 0.6) is 5.75 Å². The van der Waals surface area contributed by atoms with E-state index < -0.39 is 16.7 Å². The molecular formula is C18H16F3N5O4. The lowest BCUT2D eigenvalue weighted by Crippen LogP contribution is -2.18. The van der Waals surface area contributed by atoms with E-state index in [1.54, 1.807) is 13.0 Å². The Bertz CT molecular complexity index is 1110. The highest BCUT2D eigenvalue weighted by Crippen LogP contribution is 2.31. The molecule has 0 amide bonds. The highest BCUT2D eigenvalue weighted by Gasteiger charge is 2.30. The van der Waals surface area contributed by atoms with E-state index in [0.29, 0.717) is 22.3 Å². The molecule has 1 aromatic heterocycles. The Morgan fingerprint density at radius 1 is 1.33 bits per heavy atom. The predicted molar refractivity (Wildman–Crippen MR) is 100 cm³/mol. The van der Waals surface area contributed by atoms with Gasteiger partial charge in [-0.3, -0.25) is 20.4 Å². The van der Waals surface area contributed by atoms with Gasteiger partial charge in [0, 0.05) is 11.6 Å². The van der Waals surface area contributed by atoms with Gasteiger partial charge in [-0.2, -0.15) is 13.2 Å². The number of nitro benzene ring substituents is 1. The van der Waals surface area contributed by atoms with Crippen molar-refractivity contribution >= 4 is 22.9 Å². The molecule has 0 saturated carbocycles. The van der Waals surface area contributed by atoms with E-state index in [9.17, 15) is 23.3 Å². The van der Waals surface area contributed by atoms with Crippen molar-refractivity contribution in [3.8, 4) is 5.75 Å². The standard InChI is InChI=1S/C18H16F3N5O4/c1-11-6-17-15(8-16(11)26(27)28)22-24-25(17)9-13(23-29-2)10-30-14-5-3-4-12(7-14)18(19,20)21/h3-9,23H,10H2,1-2H3. The number of halogens is 3. The third kappa shape index (κ3) is 4.66. The van der Waals surface area contributed by atoms with E-state index in [1.807, 2.05) is 0 Å². The van der Waals surface area contributed by atoms with Crippen LogP contribution >= 0.6 is 0 Å². The van der Waals surface area contributed by atoms with Gasteiger partial charge in [0.1, 0.15) is 17.9 Å². The van der Waals surface area contributed by atoms with Crippen LogP contribution in [-0.4, -0.2) is 33.6 Å². The number of hydrogen-bond donors (Lipinski definition) is 1. The van der Waals surface area contributed by atoms with Gasteiger partial charge < -0.3 is 4.74 Å². The molecule has 9 nitrogen and oxygen atoms in total. The van der Waals surface area contributed by atoms with Gasteiger partial charge in [-0.1, -0.05) is 11.3 Å². The molecule has 0 radical (unpaired) electrons. The fourth-order valence-corrected chi connectivity index (χ4v) is 2.67. The topological polar surface area (TPSA) is 104 Å². The summed E-state index contributed by atoms with van der Waals surface area (Å²) in [6.45, 7) is 1.42. The van der Waals surface area contributed by atoms with Crippen LogP contribution in [0.3, 0.4) is 0 Å². The van der Waals surface area contributed by atoms with E-state index in [-0.39, 0.29) is 18.0 Å². The molecule has 158 valence electrons. The zero-order chi connectivity index (χ0) is 21.9. The number of aryl methyl sites for hydroxylation is 1. The van der Waals surface area contributed by atoms with Gasteiger partial charge in [-0.25, -0.2) is 4.68 Å². The summed E-state index contributed by atoms with van der Waals surface area (Å²) < 4.78 is 45.3. The Labute approximate surface area is 167 Å². The summed E-state index contributed by atoms with van der Waals surface area (Å²) in [5.74, 6) is 0.0172. The van der Waals surface area contributed by atoms with Crippen LogP contribution in [0.15, 0.2) is 42.1 Å². The molecule has 0 bridgehead atoms. The first-order chi connectivity index (χ1) is 14.2. The number of hydrogen-bond acceptors (Lipinski definition) is 7. The Balaban J connectivity index is 1.86. The molecule has 3 rings (SSSR count). The smallest absolute Gasteiger partial charge is 0.416 e. The third-order valence-corrected chi connectivity index (χ3v) is 4.05. The van der Waals surface area contributed by atoms with E-state index in [2.05, 4.69) is 15.8 Å². The number of rotatable bonds is 7. The lowest BCUT2D eigenvalue weighted by Gasteiger charge is -2.12. The van der Waals surface area contributed by atoms with Crippen LogP contribution in [0.25, 0.3) is 17.2 Å². The molecule has 12 heteroatoms. The summed E-state index contributed by atoms with van der Waals surface area (Å²) in [5, 5.41) is 18.9. The predicted octanol–water partition coefficient (Wildman–Crippen LogP) is 3.70. The fraction of sp³-hybridized carbons (Fsp3) is 0.222. The SMILES string of the molecule is CONC(=Cn1nnc2cc([N+](=O)[O-])c(C)cc21)COc1cccc(C(F)(F)F)c1.